The lowest BCUT2D eigenvalue weighted by molar-refractivity contribution is -0.278. The van der Waals surface area contributed by atoms with Crippen LogP contribution in [0.5, 0.6) is 0 Å². The van der Waals surface area contributed by atoms with Crippen molar-refractivity contribution in [2.75, 3.05) is 18.9 Å². The fraction of sp³-hybridized carbons (Fsp3) is 0.750. The molecule has 1 aromatic heterocycles. The Morgan fingerprint density at radius 2 is 2.14 bits per heavy atom. The van der Waals surface area contributed by atoms with E-state index in [0.29, 0.717) is 18.3 Å². The van der Waals surface area contributed by atoms with Crippen LogP contribution in [0.2, 0.25) is 0 Å². The van der Waals surface area contributed by atoms with Gasteiger partial charge >= 0.3 is 0 Å². The highest BCUT2D eigenvalue weighted by molar-refractivity contribution is 7.15. The van der Waals surface area contributed by atoms with Gasteiger partial charge in [0.15, 0.2) is 5.01 Å². The van der Waals surface area contributed by atoms with Gasteiger partial charge in [0.2, 0.25) is 10.9 Å². The van der Waals surface area contributed by atoms with E-state index in [0.717, 1.165) is 17.8 Å². The summed E-state index contributed by atoms with van der Waals surface area (Å²) in [6, 6.07) is 0. The summed E-state index contributed by atoms with van der Waals surface area (Å²) in [4.78, 5) is 0. The van der Waals surface area contributed by atoms with Crippen LogP contribution in [0.3, 0.4) is 0 Å². The molecule has 78 valence electrons. The largest absolute Gasteiger partial charge is 0.374 e. The first-order chi connectivity index (χ1) is 6.77. The Morgan fingerprint density at radius 1 is 1.43 bits per heavy atom. The van der Waals surface area contributed by atoms with Crippen molar-refractivity contribution in [3.8, 4) is 0 Å². The summed E-state index contributed by atoms with van der Waals surface area (Å²) in [7, 11) is 0. The zero-order valence-corrected chi connectivity index (χ0v) is 8.84. The number of anilines is 1. The second-order valence-electron chi connectivity index (χ2n) is 3.10. The Morgan fingerprint density at radius 3 is 2.64 bits per heavy atom. The van der Waals surface area contributed by atoms with Gasteiger partial charge in [-0.3, -0.25) is 0 Å². The van der Waals surface area contributed by atoms with Crippen LogP contribution in [0.4, 0.5) is 5.13 Å². The number of hydrogen-bond donors (Lipinski definition) is 1. The number of aromatic nitrogens is 2. The van der Waals surface area contributed by atoms with Gasteiger partial charge in [0.05, 0.1) is 13.2 Å². The minimum Gasteiger partial charge on any atom is -0.374 e. The lowest BCUT2D eigenvalue weighted by Crippen LogP contribution is -2.37. The molecule has 0 spiro atoms. The Hall–Kier alpha value is -0.720. The van der Waals surface area contributed by atoms with Crippen molar-refractivity contribution in [3.63, 3.8) is 0 Å². The lowest BCUT2D eigenvalue weighted by atomic mass is 10.2. The first kappa shape index (κ1) is 9.82. The SMILES string of the molecule is CCC1(c2nnc(N)s2)OCCCO1. The van der Waals surface area contributed by atoms with Crippen LogP contribution in [0.1, 0.15) is 24.8 Å². The molecule has 2 heterocycles. The highest BCUT2D eigenvalue weighted by Gasteiger charge is 2.38. The van der Waals surface area contributed by atoms with Crippen molar-refractivity contribution in [1.29, 1.82) is 0 Å². The fourth-order valence-electron chi connectivity index (χ4n) is 1.44. The molecule has 0 saturated carbocycles. The predicted molar refractivity (Wildman–Crippen MR) is 52.8 cm³/mol. The molecular formula is C8H13N3O2S. The van der Waals surface area contributed by atoms with E-state index in [2.05, 4.69) is 10.2 Å². The van der Waals surface area contributed by atoms with Gasteiger partial charge in [-0.15, -0.1) is 10.2 Å². The van der Waals surface area contributed by atoms with E-state index in [1.54, 1.807) is 0 Å². The summed E-state index contributed by atoms with van der Waals surface area (Å²) < 4.78 is 11.3. The van der Waals surface area contributed by atoms with Crippen LogP contribution >= 0.6 is 11.3 Å². The minimum absolute atomic E-state index is 0.450. The van der Waals surface area contributed by atoms with E-state index in [1.165, 1.54) is 11.3 Å². The third-order valence-electron chi connectivity index (χ3n) is 2.19. The normalized spacial score (nSPS) is 20.9. The molecule has 1 fully saturated rings. The lowest BCUT2D eigenvalue weighted by Gasteiger charge is -2.33. The first-order valence-electron chi connectivity index (χ1n) is 4.64. The molecule has 0 bridgehead atoms. The molecule has 0 amide bonds. The Balaban J connectivity index is 2.26. The Labute approximate surface area is 86.2 Å². The summed E-state index contributed by atoms with van der Waals surface area (Å²) in [6.07, 6.45) is 1.65. The summed E-state index contributed by atoms with van der Waals surface area (Å²) >= 11 is 1.32. The maximum absolute atomic E-state index is 5.64. The molecule has 0 aromatic carbocycles. The maximum Gasteiger partial charge on any atom is 0.223 e. The van der Waals surface area contributed by atoms with Gasteiger partial charge in [-0.1, -0.05) is 18.3 Å². The van der Waals surface area contributed by atoms with E-state index >= 15 is 0 Å². The molecule has 1 aromatic rings. The third kappa shape index (κ3) is 1.60. The summed E-state index contributed by atoms with van der Waals surface area (Å²) in [5, 5.41) is 8.92. The molecule has 14 heavy (non-hydrogen) atoms. The predicted octanol–water partition coefficient (Wildman–Crippen LogP) is 1.12. The zero-order chi connectivity index (χ0) is 10.0. The molecule has 0 aliphatic carbocycles. The number of ether oxygens (including phenoxy) is 2. The zero-order valence-electron chi connectivity index (χ0n) is 8.02. The molecule has 1 aliphatic rings. The summed E-state index contributed by atoms with van der Waals surface area (Å²) in [6.45, 7) is 3.41. The quantitative estimate of drug-likeness (QED) is 0.800. The Bertz CT molecular complexity index is 309. The van der Waals surface area contributed by atoms with Crippen molar-refractivity contribution in [3.05, 3.63) is 5.01 Å². The van der Waals surface area contributed by atoms with Crippen LogP contribution in [-0.4, -0.2) is 23.4 Å². The molecule has 1 aliphatic heterocycles. The fourth-order valence-corrected chi connectivity index (χ4v) is 2.22. The summed E-state index contributed by atoms with van der Waals surface area (Å²) in [5.74, 6) is -0.701. The van der Waals surface area contributed by atoms with Gasteiger partial charge in [0, 0.05) is 6.42 Å². The minimum atomic E-state index is -0.701. The van der Waals surface area contributed by atoms with Crippen LogP contribution in [0, 0.1) is 0 Å². The average molecular weight is 215 g/mol. The van der Waals surface area contributed by atoms with E-state index in [9.17, 15) is 0 Å². The van der Waals surface area contributed by atoms with Crippen LogP contribution in [-0.2, 0) is 15.3 Å². The highest BCUT2D eigenvalue weighted by atomic mass is 32.1. The molecular weight excluding hydrogens is 202 g/mol. The molecule has 0 unspecified atom stereocenters. The highest BCUT2D eigenvalue weighted by Crippen LogP contribution is 2.35. The standard InChI is InChI=1S/C8H13N3O2S/c1-2-8(12-4-3-5-13-8)6-10-11-7(9)14-6/h2-5H2,1H3,(H2,9,11). The van der Waals surface area contributed by atoms with Crippen molar-refractivity contribution >= 4 is 16.5 Å². The van der Waals surface area contributed by atoms with Crippen LogP contribution < -0.4 is 5.73 Å². The maximum atomic E-state index is 5.64. The summed E-state index contributed by atoms with van der Waals surface area (Å²) in [5.41, 5.74) is 5.53. The van der Waals surface area contributed by atoms with E-state index in [4.69, 9.17) is 15.2 Å². The molecule has 1 saturated heterocycles. The van der Waals surface area contributed by atoms with Gasteiger partial charge in [-0.05, 0) is 6.42 Å². The van der Waals surface area contributed by atoms with Crippen LogP contribution in [0.25, 0.3) is 0 Å². The second-order valence-corrected chi connectivity index (χ2v) is 4.11. The molecule has 0 radical (unpaired) electrons. The van der Waals surface area contributed by atoms with Crippen molar-refractivity contribution in [2.45, 2.75) is 25.6 Å². The van der Waals surface area contributed by atoms with Crippen LogP contribution in [0.15, 0.2) is 0 Å². The topological polar surface area (TPSA) is 70.3 Å². The monoisotopic (exact) mass is 215 g/mol. The third-order valence-corrected chi connectivity index (χ3v) is 3.07. The van der Waals surface area contributed by atoms with Crippen molar-refractivity contribution in [1.82, 2.24) is 10.2 Å². The molecule has 0 atom stereocenters. The van der Waals surface area contributed by atoms with E-state index in [1.807, 2.05) is 6.92 Å². The molecule has 6 heteroatoms. The van der Waals surface area contributed by atoms with Crippen molar-refractivity contribution < 1.29 is 9.47 Å². The molecule has 2 N–H and O–H groups in total. The number of nitrogens with two attached hydrogens (primary N) is 1. The number of nitrogens with zero attached hydrogens (tertiary/aromatic N) is 2. The van der Waals surface area contributed by atoms with Gasteiger partial charge in [0.25, 0.3) is 0 Å². The van der Waals surface area contributed by atoms with Gasteiger partial charge in [-0.25, -0.2) is 0 Å². The smallest absolute Gasteiger partial charge is 0.223 e. The number of rotatable bonds is 2. The van der Waals surface area contributed by atoms with Gasteiger partial charge in [0.1, 0.15) is 0 Å². The second kappa shape index (κ2) is 3.80. The van der Waals surface area contributed by atoms with E-state index in [-0.39, 0.29) is 0 Å². The molecule has 5 nitrogen and oxygen atoms in total. The van der Waals surface area contributed by atoms with E-state index < -0.39 is 5.79 Å². The Kier molecular flexibility index (Phi) is 2.66. The van der Waals surface area contributed by atoms with Gasteiger partial charge in [-0.2, -0.15) is 0 Å². The molecule has 2 rings (SSSR count). The number of nitrogen functional groups attached to an aromatic ring is 1. The van der Waals surface area contributed by atoms with Crippen molar-refractivity contribution in [2.24, 2.45) is 0 Å². The average Bonchev–Trinajstić information content (AvgIpc) is 2.66. The number of hydrogen-bond acceptors (Lipinski definition) is 6. The van der Waals surface area contributed by atoms with Gasteiger partial charge < -0.3 is 15.2 Å². The first-order valence-corrected chi connectivity index (χ1v) is 5.46.